The van der Waals surface area contributed by atoms with Crippen molar-refractivity contribution in [1.82, 2.24) is 0 Å². The predicted molar refractivity (Wildman–Crippen MR) is 116 cm³/mol. The van der Waals surface area contributed by atoms with E-state index in [0.29, 0.717) is 5.56 Å². The summed E-state index contributed by atoms with van der Waals surface area (Å²) in [6.07, 6.45) is 16.7. The van der Waals surface area contributed by atoms with Crippen molar-refractivity contribution < 1.29 is 9.90 Å². The van der Waals surface area contributed by atoms with Crippen molar-refractivity contribution in [3.8, 4) is 5.75 Å². The summed E-state index contributed by atoms with van der Waals surface area (Å²) in [6, 6.07) is 5.20. The molecule has 0 aliphatic carbocycles. The first-order valence-corrected chi connectivity index (χ1v) is 11.5. The van der Waals surface area contributed by atoms with Crippen LogP contribution in [0.15, 0.2) is 18.2 Å². The minimum atomic E-state index is -0.196. The van der Waals surface area contributed by atoms with Crippen LogP contribution < -0.4 is 0 Å². The van der Waals surface area contributed by atoms with E-state index in [1.165, 1.54) is 70.6 Å². The molecule has 0 bridgehead atoms. The minimum Gasteiger partial charge on any atom is -0.507 e. The van der Waals surface area contributed by atoms with Crippen LogP contribution >= 0.6 is 15.9 Å². The molecule has 0 aliphatic rings. The third kappa shape index (κ3) is 9.75. The van der Waals surface area contributed by atoms with E-state index >= 15 is 0 Å². The number of benzene rings is 1. The normalized spacial score (nSPS) is 12.3. The molecule has 26 heavy (non-hydrogen) atoms. The van der Waals surface area contributed by atoms with Crippen LogP contribution in [0.4, 0.5) is 0 Å². The van der Waals surface area contributed by atoms with Gasteiger partial charge in [0.1, 0.15) is 5.75 Å². The Labute approximate surface area is 168 Å². The largest absolute Gasteiger partial charge is 0.507 e. The van der Waals surface area contributed by atoms with E-state index in [2.05, 4.69) is 22.9 Å². The molecular weight excluding hydrogens is 388 g/mol. The summed E-state index contributed by atoms with van der Waals surface area (Å²) >= 11 is 3.51. The number of Topliss-reactive ketones (excluding diaryl/α,β-unsaturated/α-hetero) is 1. The molecule has 3 heteroatoms. The molecule has 0 amide bonds. The molecule has 0 radical (unpaired) electrons. The maximum atomic E-state index is 12.4. The maximum Gasteiger partial charge on any atom is 0.180 e. The number of ketones is 1. The molecule has 0 saturated carbocycles. The summed E-state index contributed by atoms with van der Waals surface area (Å²) in [4.78, 5) is 12.2. The zero-order chi connectivity index (χ0) is 19.2. The van der Waals surface area contributed by atoms with Crippen LogP contribution in [0, 0.1) is 6.92 Å². The van der Waals surface area contributed by atoms with Crippen LogP contribution in [-0.4, -0.2) is 15.7 Å². The molecule has 0 spiro atoms. The van der Waals surface area contributed by atoms with Gasteiger partial charge in [-0.1, -0.05) is 112 Å². The van der Waals surface area contributed by atoms with E-state index in [1.54, 1.807) is 12.1 Å². The summed E-state index contributed by atoms with van der Waals surface area (Å²) < 4.78 is 0. The van der Waals surface area contributed by atoms with Gasteiger partial charge in [0.2, 0.25) is 0 Å². The second-order valence-corrected chi connectivity index (χ2v) is 8.64. The monoisotopic (exact) mass is 424 g/mol. The molecule has 2 nitrogen and oxygen atoms in total. The molecule has 0 fully saturated rings. The maximum absolute atomic E-state index is 12.4. The van der Waals surface area contributed by atoms with Crippen molar-refractivity contribution in [3.05, 3.63) is 29.3 Å². The van der Waals surface area contributed by atoms with Crippen LogP contribution in [0.1, 0.15) is 106 Å². The fraction of sp³-hybridized carbons (Fsp3) is 0.696. The van der Waals surface area contributed by atoms with E-state index in [1.807, 2.05) is 13.0 Å². The second kappa shape index (κ2) is 14.3. The van der Waals surface area contributed by atoms with Gasteiger partial charge >= 0.3 is 0 Å². The van der Waals surface area contributed by atoms with E-state index in [0.717, 1.165) is 18.4 Å². The van der Waals surface area contributed by atoms with Crippen molar-refractivity contribution in [1.29, 1.82) is 0 Å². The van der Waals surface area contributed by atoms with Crippen LogP contribution in [0.3, 0.4) is 0 Å². The molecule has 148 valence electrons. The number of phenolic OH excluding ortho intramolecular Hbond substituents is 1. The first-order chi connectivity index (χ1) is 12.6. The Hall–Kier alpha value is -0.830. The zero-order valence-electron chi connectivity index (χ0n) is 16.7. The average Bonchev–Trinajstić information content (AvgIpc) is 2.63. The van der Waals surface area contributed by atoms with Crippen molar-refractivity contribution >= 4 is 21.7 Å². The van der Waals surface area contributed by atoms with Crippen molar-refractivity contribution in [3.63, 3.8) is 0 Å². The van der Waals surface area contributed by atoms with Gasteiger partial charge < -0.3 is 5.11 Å². The number of unbranched alkanes of at least 4 members (excludes halogenated alkanes) is 11. The smallest absolute Gasteiger partial charge is 0.180 e. The number of hydrogen-bond acceptors (Lipinski definition) is 2. The molecule has 0 aliphatic heterocycles. The fourth-order valence-electron chi connectivity index (χ4n) is 3.31. The Balaban J connectivity index is 2.05. The van der Waals surface area contributed by atoms with Gasteiger partial charge in [0, 0.05) is 0 Å². The third-order valence-electron chi connectivity index (χ3n) is 5.01. The summed E-state index contributed by atoms with van der Waals surface area (Å²) in [7, 11) is 0. The molecule has 1 unspecified atom stereocenters. The van der Waals surface area contributed by atoms with Crippen molar-refractivity contribution in [2.75, 3.05) is 0 Å². The van der Waals surface area contributed by atoms with Gasteiger partial charge in [-0.05, 0) is 25.5 Å². The highest BCUT2D eigenvalue weighted by atomic mass is 79.9. The Morgan fingerprint density at radius 3 is 1.96 bits per heavy atom. The number of phenols is 1. The van der Waals surface area contributed by atoms with E-state index in [4.69, 9.17) is 0 Å². The lowest BCUT2D eigenvalue weighted by molar-refractivity contribution is 0.0985. The number of halogens is 1. The molecule has 1 atom stereocenters. The first kappa shape index (κ1) is 23.2. The van der Waals surface area contributed by atoms with Gasteiger partial charge in [0.15, 0.2) is 5.78 Å². The lowest BCUT2D eigenvalue weighted by Gasteiger charge is -2.11. The highest BCUT2D eigenvalue weighted by molar-refractivity contribution is 9.10. The number of hydrogen-bond donors (Lipinski definition) is 1. The van der Waals surface area contributed by atoms with Crippen molar-refractivity contribution in [2.45, 2.75) is 102 Å². The van der Waals surface area contributed by atoms with Gasteiger partial charge in [-0.3, -0.25) is 4.79 Å². The number of alkyl halides is 1. The van der Waals surface area contributed by atoms with E-state index in [9.17, 15) is 9.90 Å². The number of aromatic hydroxyl groups is 1. The van der Waals surface area contributed by atoms with Crippen molar-refractivity contribution in [2.24, 2.45) is 0 Å². The van der Waals surface area contributed by atoms with Crippen LogP contribution in [0.5, 0.6) is 5.75 Å². The predicted octanol–water partition coefficient (Wildman–Crippen LogP) is 7.74. The Morgan fingerprint density at radius 2 is 1.42 bits per heavy atom. The van der Waals surface area contributed by atoms with Gasteiger partial charge in [-0.2, -0.15) is 0 Å². The Bertz CT molecular complexity index is 513. The molecule has 1 N–H and O–H groups in total. The van der Waals surface area contributed by atoms with E-state index < -0.39 is 0 Å². The average molecular weight is 425 g/mol. The lowest BCUT2D eigenvalue weighted by Crippen LogP contribution is -2.14. The quantitative estimate of drug-likeness (QED) is 0.177. The van der Waals surface area contributed by atoms with Gasteiger partial charge in [0.05, 0.1) is 10.4 Å². The first-order valence-electron chi connectivity index (χ1n) is 10.5. The second-order valence-electron chi connectivity index (χ2n) is 7.53. The summed E-state index contributed by atoms with van der Waals surface area (Å²) in [6.45, 7) is 4.20. The molecular formula is C23H37BrO2. The Morgan fingerprint density at radius 1 is 0.923 bits per heavy atom. The Kier molecular flexibility index (Phi) is 12.7. The lowest BCUT2D eigenvalue weighted by atomic mass is 10.0. The standard InChI is InChI=1S/C23H37BrO2/c1-3-4-5-6-7-8-9-10-11-12-13-14-15-21(24)23(26)20-18-19(2)16-17-22(20)25/h16-18,21,25H,3-15H2,1-2H3. The summed E-state index contributed by atoms with van der Waals surface area (Å²) in [5.41, 5.74) is 1.43. The highest BCUT2D eigenvalue weighted by Gasteiger charge is 2.19. The number of carbonyl (C=O) groups is 1. The van der Waals surface area contributed by atoms with Gasteiger partial charge in [-0.15, -0.1) is 0 Å². The fourth-order valence-corrected chi connectivity index (χ4v) is 3.88. The molecule has 0 heterocycles. The van der Waals surface area contributed by atoms with Crippen LogP contribution in [0.2, 0.25) is 0 Å². The van der Waals surface area contributed by atoms with E-state index in [-0.39, 0.29) is 16.4 Å². The highest BCUT2D eigenvalue weighted by Crippen LogP contribution is 2.24. The summed E-state index contributed by atoms with van der Waals surface area (Å²) in [5.74, 6) is 0.0778. The third-order valence-corrected chi connectivity index (χ3v) is 5.89. The molecule has 0 saturated heterocycles. The molecule has 0 aromatic heterocycles. The molecule has 1 aromatic carbocycles. The number of rotatable bonds is 15. The van der Waals surface area contributed by atoms with Gasteiger partial charge in [0.25, 0.3) is 0 Å². The number of carbonyl (C=O) groups excluding carboxylic acids is 1. The van der Waals surface area contributed by atoms with Crippen LogP contribution in [0.25, 0.3) is 0 Å². The minimum absolute atomic E-state index is 0.00530. The SMILES string of the molecule is CCCCCCCCCCCCCCC(Br)C(=O)c1cc(C)ccc1O. The van der Waals surface area contributed by atoms with Gasteiger partial charge in [-0.25, -0.2) is 0 Å². The summed E-state index contributed by atoms with van der Waals surface area (Å²) in [5, 5.41) is 9.89. The number of aryl methyl sites for hydroxylation is 1. The molecule has 1 aromatic rings. The molecule has 1 rings (SSSR count). The van der Waals surface area contributed by atoms with Crippen LogP contribution in [-0.2, 0) is 0 Å². The topological polar surface area (TPSA) is 37.3 Å². The zero-order valence-corrected chi connectivity index (χ0v) is 18.3.